The number of benzene rings is 2. The third-order valence-corrected chi connectivity index (χ3v) is 3.19. The SMILES string of the molecule is NCC(=O)NCc1ccc(C(=O)NO)c(-c2ccccc2)c1. The van der Waals surface area contributed by atoms with Crippen LogP contribution in [0.15, 0.2) is 48.5 Å². The van der Waals surface area contributed by atoms with Gasteiger partial charge in [-0.1, -0.05) is 36.4 Å². The van der Waals surface area contributed by atoms with Crippen molar-refractivity contribution in [2.45, 2.75) is 6.54 Å². The summed E-state index contributed by atoms with van der Waals surface area (Å²) in [6.07, 6.45) is 0. The van der Waals surface area contributed by atoms with Crippen LogP contribution >= 0.6 is 0 Å². The summed E-state index contributed by atoms with van der Waals surface area (Å²) in [5, 5.41) is 11.5. The molecule has 2 aromatic rings. The summed E-state index contributed by atoms with van der Waals surface area (Å²) in [6.45, 7) is 0.243. The molecule has 0 fully saturated rings. The molecular formula is C16H17N3O3. The van der Waals surface area contributed by atoms with Crippen LogP contribution in [0, 0.1) is 0 Å². The molecule has 114 valence electrons. The van der Waals surface area contributed by atoms with Crippen LogP contribution in [-0.2, 0) is 11.3 Å². The van der Waals surface area contributed by atoms with Crippen LogP contribution in [0.4, 0.5) is 0 Å². The van der Waals surface area contributed by atoms with E-state index in [0.29, 0.717) is 17.7 Å². The van der Waals surface area contributed by atoms with E-state index in [1.54, 1.807) is 23.7 Å². The first-order valence-corrected chi connectivity index (χ1v) is 6.75. The van der Waals surface area contributed by atoms with Gasteiger partial charge >= 0.3 is 0 Å². The summed E-state index contributed by atoms with van der Waals surface area (Å²) < 4.78 is 0. The van der Waals surface area contributed by atoms with Crippen LogP contribution in [0.1, 0.15) is 15.9 Å². The maximum absolute atomic E-state index is 11.8. The Kier molecular flexibility index (Phi) is 5.24. The highest BCUT2D eigenvalue weighted by Crippen LogP contribution is 2.25. The number of hydrogen-bond acceptors (Lipinski definition) is 4. The van der Waals surface area contributed by atoms with Gasteiger partial charge in [0.2, 0.25) is 5.91 Å². The molecular weight excluding hydrogens is 282 g/mol. The second-order valence-electron chi connectivity index (χ2n) is 4.67. The molecule has 0 saturated carbocycles. The molecule has 0 spiro atoms. The highest BCUT2D eigenvalue weighted by molar-refractivity contribution is 6.00. The molecule has 0 aliphatic rings. The van der Waals surface area contributed by atoms with Gasteiger partial charge in [0.25, 0.3) is 5.91 Å². The summed E-state index contributed by atoms with van der Waals surface area (Å²) >= 11 is 0. The monoisotopic (exact) mass is 299 g/mol. The van der Waals surface area contributed by atoms with Crippen molar-refractivity contribution in [2.24, 2.45) is 5.73 Å². The molecule has 0 aromatic heterocycles. The molecule has 0 atom stereocenters. The highest BCUT2D eigenvalue weighted by atomic mass is 16.5. The Morgan fingerprint density at radius 2 is 1.82 bits per heavy atom. The zero-order valence-electron chi connectivity index (χ0n) is 11.9. The standard InChI is InChI=1S/C16H17N3O3/c17-9-15(20)18-10-11-6-7-13(16(21)19-22)14(8-11)12-4-2-1-3-5-12/h1-8,22H,9-10,17H2,(H,18,20)(H,19,21). The second-order valence-corrected chi connectivity index (χ2v) is 4.67. The maximum Gasteiger partial charge on any atom is 0.275 e. The Labute approximate surface area is 127 Å². The van der Waals surface area contributed by atoms with E-state index in [1.165, 1.54) is 0 Å². The molecule has 22 heavy (non-hydrogen) atoms. The summed E-state index contributed by atoms with van der Waals surface area (Å²) in [5.74, 6) is -0.838. The van der Waals surface area contributed by atoms with Crippen LogP contribution in [0.3, 0.4) is 0 Å². The zero-order valence-corrected chi connectivity index (χ0v) is 11.9. The number of amides is 2. The fourth-order valence-corrected chi connectivity index (χ4v) is 2.09. The van der Waals surface area contributed by atoms with Gasteiger partial charge in [-0.2, -0.15) is 0 Å². The van der Waals surface area contributed by atoms with Crippen molar-refractivity contribution in [3.05, 3.63) is 59.7 Å². The van der Waals surface area contributed by atoms with Crippen molar-refractivity contribution in [3.8, 4) is 11.1 Å². The number of nitrogens with two attached hydrogens (primary N) is 1. The molecule has 0 aliphatic carbocycles. The normalized spacial score (nSPS) is 10.1. The molecule has 2 amide bonds. The fraction of sp³-hybridized carbons (Fsp3) is 0.125. The lowest BCUT2D eigenvalue weighted by Gasteiger charge is -2.11. The number of carbonyl (C=O) groups is 2. The van der Waals surface area contributed by atoms with E-state index in [9.17, 15) is 9.59 Å². The zero-order chi connectivity index (χ0) is 15.9. The Bertz CT molecular complexity index is 672. The minimum absolute atomic E-state index is 0.0729. The summed E-state index contributed by atoms with van der Waals surface area (Å²) in [6, 6.07) is 14.5. The lowest BCUT2D eigenvalue weighted by Crippen LogP contribution is -2.29. The molecule has 0 bridgehead atoms. The molecule has 6 heteroatoms. The molecule has 0 aliphatic heterocycles. The van der Waals surface area contributed by atoms with Crippen LogP contribution in [0.25, 0.3) is 11.1 Å². The molecule has 2 aromatic carbocycles. The van der Waals surface area contributed by atoms with E-state index in [0.717, 1.165) is 11.1 Å². The predicted molar refractivity (Wildman–Crippen MR) is 82.0 cm³/mol. The summed E-state index contributed by atoms with van der Waals surface area (Å²) in [4.78, 5) is 23.0. The van der Waals surface area contributed by atoms with Crippen molar-refractivity contribution >= 4 is 11.8 Å². The molecule has 5 N–H and O–H groups in total. The summed E-state index contributed by atoms with van der Waals surface area (Å²) in [7, 11) is 0. The van der Waals surface area contributed by atoms with Gasteiger partial charge in [-0.3, -0.25) is 14.8 Å². The van der Waals surface area contributed by atoms with Gasteiger partial charge in [0.1, 0.15) is 0 Å². The second kappa shape index (κ2) is 7.35. The van der Waals surface area contributed by atoms with Crippen molar-refractivity contribution in [1.82, 2.24) is 10.8 Å². The smallest absolute Gasteiger partial charge is 0.275 e. The first-order valence-electron chi connectivity index (χ1n) is 6.75. The average Bonchev–Trinajstić information content (AvgIpc) is 2.59. The van der Waals surface area contributed by atoms with Crippen LogP contribution < -0.4 is 16.5 Å². The van der Waals surface area contributed by atoms with Crippen molar-refractivity contribution < 1.29 is 14.8 Å². The van der Waals surface area contributed by atoms with Gasteiger partial charge in [-0.05, 0) is 28.8 Å². The van der Waals surface area contributed by atoms with E-state index in [-0.39, 0.29) is 12.5 Å². The molecule has 0 heterocycles. The molecule has 0 saturated heterocycles. The van der Waals surface area contributed by atoms with E-state index < -0.39 is 5.91 Å². The first-order chi connectivity index (χ1) is 10.7. The number of carbonyl (C=O) groups excluding carboxylic acids is 2. The number of hydrogen-bond donors (Lipinski definition) is 4. The number of nitrogens with one attached hydrogen (secondary N) is 2. The first kappa shape index (κ1) is 15.7. The van der Waals surface area contributed by atoms with E-state index in [4.69, 9.17) is 10.9 Å². The number of rotatable bonds is 5. The van der Waals surface area contributed by atoms with Crippen molar-refractivity contribution in [3.63, 3.8) is 0 Å². The molecule has 0 unspecified atom stereocenters. The van der Waals surface area contributed by atoms with Gasteiger partial charge in [0, 0.05) is 12.1 Å². The lowest BCUT2D eigenvalue weighted by atomic mass is 9.97. The van der Waals surface area contributed by atoms with E-state index >= 15 is 0 Å². The Balaban J connectivity index is 2.37. The Hall–Kier alpha value is -2.70. The third kappa shape index (κ3) is 3.69. The Morgan fingerprint density at radius 1 is 1.09 bits per heavy atom. The number of hydroxylamine groups is 1. The molecule has 6 nitrogen and oxygen atoms in total. The van der Waals surface area contributed by atoms with E-state index in [1.807, 2.05) is 30.3 Å². The van der Waals surface area contributed by atoms with Crippen LogP contribution in [-0.4, -0.2) is 23.6 Å². The lowest BCUT2D eigenvalue weighted by molar-refractivity contribution is -0.119. The van der Waals surface area contributed by atoms with Crippen LogP contribution in [0.2, 0.25) is 0 Å². The average molecular weight is 299 g/mol. The molecule has 2 rings (SSSR count). The van der Waals surface area contributed by atoms with Crippen molar-refractivity contribution in [2.75, 3.05) is 6.54 Å². The minimum atomic E-state index is -0.587. The third-order valence-electron chi connectivity index (χ3n) is 3.19. The predicted octanol–water partition coefficient (Wildman–Crippen LogP) is 1.05. The van der Waals surface area contributed by atoms with Gasteiger partial charge in [0.15, 0.2) is 0 Å². The largest absolute Gasteiger partial charge is 0.351 e. The topological polar surface area (TPSA) is 104 Å². The van der Waals surface area contributed by atoms with Gasteiger partial charge in [-0.15, -0.1) is 0 Å². The fourth-order valence-electron chi connectivity index (χ4n) is 2.09. The van der Waals surface area contributed by atoms with Gasteiger partial charge < -0.3 is 11.1 Å². The quantitative estimate of drug-likeness (QED) is 0.489. The van der Waals surface area contributed by atoms with Gasteiger partial charge in [-0.25, -0.2) is 5.48 Å². The molecule has 0 radical (unpaired) electrons. The summed E-state index contributed by atoms with van der Waals surface area (Å²) in [5.41, 5.74) is 9.58. The Morgan fingerprint density at radius 3 is 2.45 bits per heavy atom. The highest BCUT2D eigenvalue weighted by Gasteiger charge is 2.13. The maximum atomic E-state index is 11.8. The van der Waals surface area contributed by atoms with Crippen LogP contribution in [0.5, 0.6) is 0 Å². The minimum Gasteiger partial charge on any atom is -0.351 e. The van der Waals surface area contributed by atoms with Gasteiger partial charge in [0.05, 0.1) is 6.54 Å². The van der Waals surface area contributed by atoms with Crippen molar-refractivity contribution in [1.29, 1.82) is 0 Å². The van der Waals surface area contributed by atoms with E-state index in [2.05, 4.69) is 5.32 Å².